The smallest absolute Gasteiger partial charge is 0.217 e. The lowest BCUT2D eigenvalue weighted by molar-refractivity contribution is -0.118. The summed E-state index contributed by atoms with van der Waals surface area (Å²) in [7, 11) is 0. The second kappa shape index (κ2) is 9.35. The number of nitrogens with two attached hydrogens (primary N) is 1. The fraction of sp³-hybridized carbons (Fsp3) is 0.750. The van der Waals surface area contributed by atoms with E-state index >= 15 is 0 Å². The lowest BCUT2D eigenvalue weighted by Gasteiger charge is -2.28. The molecule has 3 nitrogen and oxygen atoms in total. The largest absolute Gasteiger partial charge is 0.370 e. The van der Waals surface area contributed by atoms with Crippen LogP contribution in [-0.2, 0) is 4.79 Å². The Balaban J connectivity index is 0.00000162. The summed E-state index contributed by atoms with van der Waals surface area (Å²) in [6, 6.07) is 1.65. The molecule has 1 saturated heterocycles. The standard InChI is InChI=1S/C14H25N2O.2CH2/c15-14(17)10-12-8-9-16(11-12)13-6-4-2-1-3-5-7-13;;/h12H,1-11H2,(H2,15,17);2*1H2. The molecule has 2 aliphatic rings. The molecule has 19 heavy (non-hydrogen) atoms. The monoisotopic (exact) mass is 265 g/mol. The Labute approximate surface area is 119 Å². The second-order valence-corrected chi connectivity index (χ2v) is 5.61. The third kappa shape index (κ3) is 5.94. The zero-order valence-corrected chi connectivity index (χ0v) is 12.2. The molecule has 2 N–H and O–H groups in total. The van der Waals surface area contributed by atoms with Gasteiger partial charge < -0.3 is 5.73 Å². The molecule has 0 aromatic carbocycles. The summed E-state index contributed by atoms with van der Waals surface area (Å²) in [4.78, 5) is 13.5. The average molecular weight is 265 g/mol. The van der Waals surface area contributed by atoms with E-state index in [-0.39, 0.29) is 20.8 Å². The first-order chi connectivity index (χ1) is 8.25. The minimum Gasteiger partial charge on any atom is -0.370 e. The van der Waals surface area contributed by atoms with Gasteiger partial charge in [0, 0.05) is 19.0 Å². The van der Waals surface area contributed by atoms with Gasteiger partial charge >= 0.3 is 0 Å². The Morgan fingerprint density at radius 3 is 2.26 bits per heavy atom. The molecule has 0 aromatic heterocycles. The van der Waals surface area contributed by atoms with E-state index in [0.717, 1.165) is 19.5 Å². The van der Waals surface area contributed by atoms with E-state index in [9.17, 15) is 4.79 Å². The Morgan fingerprint density at radius 1 is 1.11 bits per heavy atom. The average Bonchev–Trinajstić information content (AvgIpc) is 2.64. The van der Waals surface area contributed by atoms with E-state index in [1.54, 1.807) is 6.04 Å². The van der Waals surface area contributed by atoms with Gasteiger partial charge in [-0.2, -0.15) is 0 Å². The molecule has 1 saturated carbocycles. The third-order valence-electron chi connectivity index (χ3n) is 4.15. The lowest BCUT2D eigenvalue weighted by atomic mass is 9.96. The number of amides is 1. The van der Waals surface area contributed by atoms with E-state index in [1.807, 2.05) is 0 Å². The van der Waals surface area contributed by atoms with Gasteiger partial charge in [-0.1, -0.05) is 47.0 Å². The molecule has 1 aliphatic carbocycles. The first kappa shape index (κ1) is 18.4. The van der Waals surface area contributed by atoms with Crippen LogP contribution in [-0.4, -0.2) is 23.9 Å². The third-order valence-corrected chi connectivity index (χ3v) is 4.15. The van der Waals surface area contributed by atoms with E-state index in [2.05, 4.69) is 4.90 Å². The summed E-state index contributed by atoms with van der Waals surface area (Å²) in [5, 5.41) is 0. The van der Waals surface area contributed by atoms with Gasteiger partial charge in [-0.05, 0) is 31.7 Å². The van der Waals surface area contributed by atoms with Gasteiger partial charge in [-0.25, -0.2) is 0 Å². The van der Waals surface area contributed by atoms with Crippen LogP contribution in [0.4, 0.5) is 0 Å². The van der Waals surface area contributed by atoms with Gasteiger partial charge in [-0.15, -0.1) is 0 Å². The Morgan fingerprint density at radius 2 is 1.68 bits per heavy atom. The molecular formula is C16H29N2O. The number of rotatable bonds is 3. The van der Waals surface area contributed by atoms with E-state index in [0.29, 0.717) is 12.3 Å². The number of hydrogen-bond donors (Lipinski definition) is 1. The number of carbonyl (C=O) groups excluding carboxylic acids is 1. The number of nitrogens with zero attached hydrogens (tertiary/aromatic N) is 1. The van der Waals surface area contributed by atoms with Crippen LogP contribution in [0.2, 0.25) is 0 Å². The van der Waals surface area contributed by atoms with E-state index in [4.69, 9.17) is 5.73 Å². The highest BCUT2D eigenvalue weighted by molar-refractivity contribution is 5.74. The molecular weight excluding hydrogens is 236 g/mol. The van der Waals surface area contributed by atoms with E-state index in [1.165, 1.54) is 44.9 Å². The predicted octanol–water partition coefficient (Wildman–Crippen LogP) is 3.11. The minimum atomic E-state index is -0.139. The highest BCUT2D eigenvalue weighted by Gasteiger charge is 2.29. The maximum absolute atomic E-state index is 10.9. The number of hydrogen-bond acceptors (Lipinski definition) is 2. The fourth-order valence-electron chi connectivity index (χ4n) is 3.20. The van der Waals surface area contributed by atoms with Crippen LogP contribution in [0.3, 0.4) is 0 Å². The molecule has 5 radical (unpaired) electrons. The van der Waals surface area contributed by atoms with Crippen molar-refractivity contribution < 1.29 is 4.79 Å². The Kier molecular flexibility index (Phi) is 9.07. The summed E-state index contributed by atoms with van der Waals surface area (Å²) in [6.45, 7) is 2.21. The molecule has 2 fully saturated rings. The first-order valence-electron chi connectivity index (χ1n) is 7.13. The zero-order chi connectivity index (χ0) is 12.1. The molecule has 0 aromatic rings. The maximum Gasteiger partial charge on any atom is 0.217 e. The van der Waals surface area contributed by atoms with Gasteiger partial charge in [0.05, 0.1) is 0 Å². The first-order valence-corrected chi connectivity index (χ1v) is 7.13. The van der Waals surface area contributed by atoms with Crippen molar-refractivity contribution in [1.29, 1.82) is 0 Å². The summed E-state index contributed by atoms with van der Waals surface area (Å²) < 4.78 is 0. The van der Waals surface area contributed by atoms with Gasteiger partial charge in [0.2, 0.25) is 5.91 Å². The van der Waals surface area contributed by atoms with Crippen LogP contribution in [0.25, 0.3) is 0 Å². The van der Waals surface area contributed by atoms with Crippen molar-refractivity contribution in [1.82, 2.24) is 4.90 Å². The molecule has 0 bridgehead atoms. The fourth-order valence-corrected chi connectivity index (χ4v) is 3.20. The Hall–Kier alpha value is -0.570. The topological polar surface area (TPSA) is 46.3 Å². The Bertz CT molecular complexity index is 247. The molecule has 0 spiro atoms. The molecule has 1 atom stereocenters. The molecule has 3 heteroatoms. The van der Waals surface area contributed by atoms with Crippen molar-refractivity contribution in [3.05, 3.63) is 20.9 Å². The van der Waals surface area contributed by atoms with E-state index < -0.39 is 0 Å². The van der Waals surface area contributed by atoms with Crippen LogP contribution >= 0.6 is 0 Å². The number of likely N-dealkylation sites (tertiary alicyclic amines) is 1. The number of carbonyl (C=O) groups is 1. The van der Waals surface area contributed by atoms with Crippen LogP contribution in [0.1, 0.15) is 57.8 Å². The van der Waals surface area contributed by atoms with Gasteiger partial charge in [0.25, 0.3) is 0 Å². The molecule has 1 heterocycles. The molecule has 1 aliphatic heterocycles. The van der Waals surface area contributed by atoms with Crippen LogP contribution in [0, 0.1) is 26.8 Å². The minimum absolute atomic E-state index is 0. The van der Waals surface area contributed by atoms with Crippen molar-refractivity contribution >= 4 is 5.91 Å². The van der Waals surface area contributed by atoms with Crippen molar-refractivity contribution in [2.45, 2.75) is 57.8 Å². The quantitative estimate of drug-likeness (QED) is 0.852. The number of primary amides is 1. The SMILES string of the molecule is NC(=O)CC1CCN([C]2CCCCCCC2)C1.[CH2].[CH2]. The lowest BCUT2D eigenvalue weighted by Crippen LogP contribution is -2.28. The van der Waals surface area contributed by atoms with Gasteiger partial charge in [0.15, 0.2) is 0 Å². The highest BCUT2D eigenvalue weighted by atomic mass is 16.1. The highest BCUT2D eigenvalue weighted by Crippen LogP contribution is 2.32. The normalized spacial score (nSPS) is 25.8. The van der Waals surface area contributed by atoms with Crippen molar-refractivity contribution in [3.63, 3.8) is 0 Å². The van der Waals surface area contributed by atoms with Crippen molar-refractivity contribution in [2.24, 2.45) is 11.7 Å². The molecule has 1 amide bonds. The van der Waals surface area contributed by atoms with Crippen molar-refractivity contribution in [3.8, 4) is 0 Å². The van der Waals surface area contributed by atoms with Crippen LogP contribution < -0.4 is 5.73 Å². The van der Waals surface area contributed by atoms with Crippen LogP contribution in [0.15, 0.2) is 0 Å². The van der Waals surface area contributed by atoms with Gasteiger partial charge in [0.1, 0.15) is 0 Å². The second-order valence-electron chi connectivity index (χ2n) is 5.61. The van der Waals surface area contributed by atoms with Gasteiger partial charge in [-0.3, -0.25) is 9.69 Å². The summed E-state index contributed by atoms with van der Waals surface area (Å²) >= 11 is 0. The molecule has 1 unspecified atom stereocenters. The summed E-state index contributed by atoms with van der Waals surface area (Å²) in [6.07, 6.45) is 11.2. The summed E-state index contributed by atoms with van der Waals surface area (Å²) in [5.41, 5.74) is 5.28. The zero-order valence-electron chi connectivity index (χ0n) is 12.2. The maximum atomic E-state index is 10.9. The molecule has 2 rings (SSSR count). The van der Waals surface area contributed by atoms with Crippen molar-refractivity contribution in [2.75, 3.05) is 13.1 Å². The molecule has 109 valence electrons. The van der Waals surface area contributed by atoms with Crippen LogP contribution in [0.5, 0.6) is 0 Å². The summed E-state index contributed by atoms with van der Waals surface area (Å²) in [5.74, 6) is 0.366. The predicted molar refractivity (Wildman–Crippen MR) is 79.8 cm³/mol.